The number of nitrogens with zero attached hydrogens (tertiary/aromatic N) is 7. The van der Waals surface area contributed by atoms with Crippen LogP contribution in [0, 0.1) is 5.92 Å². The predicted molar refractivity (Wildman–Crippen MR) is 172 cm³/mol. The summed E-state index contributed by atoms with van der Waals surface area (Å²) in [5.41, 5.74) is 4.12. The van der Waals surface area contributed by atoms with Crippen LogP contribution in [-0.4, -0.2) is 99.4 Å². The molecule has 0 radical (unpaired) electrons. The van der Waals surface area contributed by atoms with E-state index < -0.39 is 6.09 Å². The van der Waals surface area contributed by atoms with E-state index in [1.165, 1.54) is 0 Å². The van der Waals surface area contributed by atoms with Crippen molar-refractivity contribution in [1.29, 1.82) is 0 Å². The number of rotatable bonds is 9. The van der Waals surface area contributed by atoms with Crippen LogP contribution in [0.5, 0.6) is 11.5 Å². The van der Waals surface area contributed by atoms with Crippen molar-refractivity contribution in [1.82, 2.24) is 34.3 Å². The van der Waals surface area contributed by atoms with E-state index >= 15 is 0 Å². The lowest BCUT2D eigenvalue weighted by Gasteiger charge is -2.30. The Balaban J connectivity index is 1.15. The second kappa shape index (κ2) is 13.1. The van der Waals surface area contributed by atoms with Crippen molar-refractivity contribution in [3.05, 3.63) is 49.1 Å². The second-order valence-corrected chi connectivity index (χ2v) is 11.2. The molecule has 4 aromatic heterocycles. The summed E-state index contributed by atoms with van der Waals surface area (Å²) >= 11 is 0. The normalized spacial score (nSPS) is 15.1. The molecule has 2 aliphatic rings. The average molecular weight is 642 g/mol. The fraction of sp³-hybridized carbons (Fsp3) is 0.375. The van der Waals surface area contributed by atoms with E-state index in [2.05, 4.69) is 25.6 Å². The molecule has 2 N–H and O–H groups in total. The van der Waals surface area contributed by atoms with Gasteiger partial charge in [-0.15, -0.1) is 5.10 Å². The van der Waals surface area contributed by atoms with Gasteiger partial charge in [0.1, 0.15) is 30.4 Å². The quantitative estimate of drug-likeness (QED) is 0.225. The molecule has 244 valence electrons. The molecule has 0 aliphatic carbocycles. The third-order valence-electron chi connectivity index (χ3n) is 8.37. The molecule has 0 spiro atoms. The Hall–Kier alpha value is -5.44. The molecule has 1 amide bonds. The zero-order valence-electron chi connectivity index (χ0n) is 26.1. The molecule has 6 heterocycles. The summed E-state index contributed by atoms with van der Waals surface area (Å²) in [5, 5.41) is 15.9. The summed E-state index contributed by atoms with van der Waals surface area (Å²) in [6.45, 7) is 5.62. The Morgan fingerprint density at radius 1 is 1.13 bits per heavy atom. The number of fused-ring (bicyclic) bond motifs is 3. The van der Waals surface area contributed by atoms with Gasteiger partial charge in [-0.1, -0.05) is 0 Å². The molecule has 0 saturated carbocycles. The number of benzene rings is 1. The Kier molecular flexibility index (Phi) is 8.44. The van der Waals surface area contributed by atoms with E-state index in [9.17, 15) is 9.59 Å². The van der Waals surface area contributed by atoms with E-state index in [1.807, 2.05) is 31.3 Å². The lowest BCUT2D eigenvalue weighted by molar-refractivity contribution is -0.149. The highest BCUT2D eigenvalue weighted by molar-refractivity contribution is 5.99. The van der Waals surface area contributed by atoms with Crippen LogP contribution in [0.1, 0.15) is 19.8 Å². The van der Waals surface area contributed by atoms with Crippen LogP contribution in [0.3, 0.4) is 0 Å². The number of pyridine rings is 1. The van der Waals surface area contributed by atoms with Crippen LogP contribution in [-0.2, 0) is 14.3 Å². The number of aromatic nitrogens is 6. The van der Waals surface area contributed by atoms with Gasteiger partial charge < -0.3 is 24.3 Å². The van der Waals surface area contributed by atoms with Gasteiger partial charge in [0.15, 0.2) is 11.5 Å². The van der Waals surface area contributed by atoms with Crippen molar-refractivity contribution in [3.63, 3.8) is 0 Å². The lowest BCUT2D eigenvalue weighted by Crippen LogP contribution is -2.39. The lowest BCUT2D eigenvalue weighted by atomic mass is 9.97. The van der Waals surface area contributed by atoms with Crippen LogP contribution in [0.2, 0.25) is 0 Å². The third kappa shape index (κ3) is 6.08. The van der Waals surface area contributed by atoms with Gasteiger partial charge in [-0.05, 0) is 45.0 Å². The first-order valence-electron chi connectivity index (χ1n) is 15.6. The summed E-state index contributed by atoms with van der Waals surface area (Å²) < 4.78 is 25.8. The van der Waals surface area contributed by atoms with E-state index in [-0.39, 0.29) is 24.3 Å². The molecule has 2 aliphatic heterocycles. The highest BCUT2D eigenvalue weighted by atomic mass is 16.5. The van der Waals surface area contributed by atoms with Gasteiger partial charge >= 0.3 is 12.1 Å². The molecule has 7 rings (SSSR count). The largest absolute Gasteiger partial charge is 0.494 e. The molecular weight excluding hydrogens is 606 g/mol. The van der Waals surface area contributed by atoms with E-state index in [0.717, 1.165) is 37.2 Å². The Morgan fingerprint density at radius 2 is 2.00 bits per heavy atom. The molecular formula is C32H35N9O6. The zero-order chi connectivity index (χ0) is 32.3. The fourth-order valence-electron chi connectivity index (χ4n) is 5.98. The van der Waals surface area contributed by atoms with Crippen molar-refractivity contribution in [2.75, 3.05) is 63.7 Å². The minimum atomic E-state index is -0.640. The minimum Gasteiger partial charge on any atom is -0.494 e. The molecule has 1 aromatic carbocycles. The number of ether oxygens (including phenoxy) is 4. The molecule has 1 saturated heterocycles. The maximum absolute atomic E-state index is 13.0. The van der Waals surface area contributed by atoms with Gasteiger partial charge in [0.2, 0.25) is 0 Å². The zero-order valence-corrected chi connectivity index (χ0v) is 26.1. The van der Waals surface area contributed by atoms with Crippen molar-refractivity contribution >= 4 is 40.1 Å². The van der Waals surface area contributed by atoms with Crippen molar-refractivity contribution in [2.45, 2.75) is 19.8 Å². The molecule has 5 aromatic rings. The number of carbonyl (C=O) groups excluding carboxylic acids is 2. The average Bonchev–Trinajstić information content (AvgIpc) is 3.69. The van der Waals surface area contributed by atoms with Crippen LogP contribution >= 0.6 is 0 Å². The number of hydrogen-bond acceptors (Lipinski definition) is 12. The Labute approximate surface area is 269 Å². The molecule has 15 nitrogen and oxygen atoms in total. The first-order valence-corrected chi connectivity index (χ1v) is 15.6. The first kappa shape index (κ1) is 30.2. The van der Waals surface area contributed by atoms with Gasteiger partial charge in [-0.25, -0.2) is 19.0 Å². The minimum absolute atomic E-state index is 0.0754. The number of carbonyl (C=O) groups is 2. The number of amides is 1. The first-order chi connectivity index (χ1) is 23.0. The topological polar surface area (TPSA) is 159 Å². The van der Waals surface area contributed by atoms with E-state index in [1.54, 1.807) is 41.0 Å². The number of likely N-dealkylation sites (tertiary alicyclic amines) is 1. The van der Waals surface area contributed by atoms with Crippen molar-refractivity contribution in [2.24, 2.45) is 5.92 Å². The predicted octanol–water partition coefficient (Wildman–Crippen LogP) is 3.77. The summed E-state index contributed by atoms with van der Waals surface area (Å²) in [7, 11) is 1.59. The number of esters is 1. The highest BCUT2D eigenvalue weighted by Crippen LogP contribution is 2.39. The number of methoxy groups -OCH3 is 1. The summed E-state index contributed by atoms with van der Waals surface area (Å²) in [5.74, 6) is 1.29. The van der Waals surface area contributed by atoms with Gasteiger partial charge in [0, 0.05) is 43.8 Å². The smallest absolute Gasteiger partial charge is 0.412 e. The number of piperidine rings is 1. The number of anilines is 2. The summed E-state index contributed by atoms with van der Waals surface area (Å²) in [6.07, 6.45) is 7.70. The molecule has 0 unspecified atom stereocenters. The third-order valence-corrected chi connectivity index (χ3v) is 8.37. The maximum atomic E-state index is 13.0. The van der Waals surface area contributed by atoms with Gasteiger partial charge in [-0.2, -0.15) is 5.10 Å². The van der Waals surface area contributed by atoms with Crippen LogP contribution < -0.4 is 20.1 Å². The number of hydrogen-bond donors (Lipinski definition) is 2. The van der Waals surface area contributed by atoms with Gasteiger partial charge in [-0.3, -0.25) is 20.0 Å². The molecule has 47 heavy (non-hydrogen) atoms. The van der Waals surface area contributed by atoms with Crippen LogP contribution in [0.25, 0.3) is 33.5 Å². The fourth-order valence-corrected chi connectivity index (χ4v) is 5.98. The second-order valence-electron chi connectivity index (χ2n) is 11.2. The maximum Gasteiger partial charge on any atom is 0.412 e. The van der Waals surface area contributed by atoms with Gasteiger partial charge in [0.05, 0.1) is 53.7 Å². The van der Waals surface area contributed by atoms with E-state index in [0.29, 0.717) is 65.7 Å². The van der Waals surface area contributed by atoms with Crippen LogP contribution in [0.4, 0.5) is 16.3 Å². The molecule has 0 atom stereocenters. The monoisotopic (exact) mass is 641 g/mol. The molecule has 15 heteroatoms. The van der Waals surface area contributed by atoms with Crippen molar-refractivity contribution in [3.8, 4) is 28.4 Å². The summed E-state index contributed by atoms with van der Waals surface area (Å²) in [4.78, 5) is 36.4. The van der Waals surface area contributed by atoms with Crippen molar-refractivity contribution < 1.29 is 28.5 Å². The van der Waals surface area contributed by atoms with E-state index in [4.69, 9.17) is 29.0 Å². The Morgan fingerprint density at radius 3 is 2.83 bits per heavy atom. The molecule has 1 fully saturated rings. The van der Waals surface area contributed by atoms with Crippen LogP contribution in [0.15, 0.2) is 49.1 Å². The Bertz CT molecular complexity index is 1930. The molecule has 0 bridgehead atoms. The van der Waals surface area contributed by atoms with Gasteiger partial charge in [0.25, 0.3) is 0 Å². The summed E-state index contributed by atoms with van der Waals surface area (Å²) in [6, 6.07) is 7.41. The standard InChI is InChI=1S/C32H35N9O6/c1-3-45-31(42)20-5-10-39(11-6-20)12-14-47-32(43)37-29-22-18-35-23(21-19-36-40-9-4-7-34-30(21)40)15-25(22)41(38-29)26-17-27-24(16-28(26)44-2)33-8-13-46-27/h4,7,9,15-20,33H,3,5-6,8,10-14H2,1-2H3,(H,37,38,43). The SMILES string of the molecule is CCOC(=O)C1CCN(CCOC(=O)Nc2nn(-c3cc4c(cc3OC)NCCO4)c3cc(-c4cnn5cccnc45)ncc23)CC1. The highest BCUT2D eigenvalue weighted by Gasteiger charge is 2.26. The number of nitrogens with one attached hydrogen (secondary N) is 2.